The molecule has 0 spiro atoms. The molecule has 0 radical (unpaired) electrons. The Labute approximate surface area is 80.4 Å². The van der Waals surface area contributed by atoms with Crippen LogP contribution in [0.25, 0.3) is 0 Å². The maximum atomic E-state index is 4.08. The minimum absolute atomic E-state index is 0.636. The molecule has 1 heterocycles. The van der Waals surface area contributed by atoms with Gasteiger partial charge in [0.05, 0.1) is 6.04 Å². The van der Waals surface area contributed by atoms with Crippen LogP contribution in [0, 0.1) is 7.05 Å². The van der Waals surface area contributed by atoms with Gasteiger partial charge in [-0.25, -0.2) is 0 Å². The summed E-state index contributed by atoms with van der Waals surface area (Å²) in [6, 6.07) is 4.76. The summed E-state index contributed by atoms with van der Waals surface area (Å²) in [4.78, 5) is 4.08. The molecule has 1 aromatic rings. The molecule has 0 aromatic carbocycles. The summed E-state index contributed by atoms with van der Waals surface area (Å²) < 4.78 is 0. The first kappa shape index (κ1) is 10.2. The first-order valence-corrected chi connectivity index (χ1v) is 4.84. The molecule has 0 aliphatic rings. The van der Waals surface area contributed by atoms with E-state index in [-0.39, 0.29) is 0 Å². The predicted octanol–water partition coefficient (Wildman–Crippen LogP) is 1.15. The van der Waals surface area contributed by atoms with Gasteiger partial charge in [0.2, 0.25) is 0 Å². The molecular formula is C11H18N2. The predicted molar refractivity (Wildman–Crippen MR) is 53.9 cm³/mol. The van der Waals surface area contributed by atoms with Crippen molar-refractivity contribution in [1.29, 1.82) is 0 Å². The average Bonchev–Trinajstić information content (AvgIpc) is 2.19. The Morgan fingerprint density at radius 2 is 2.46 bits per heavy atom. The van der Waals surface area contributed by atoms with E-state index in [9.17, 15) is 0 Å². The van der Waals surface area contributed by atoms with E-state index >= 15 is 0 Å². The fourth-order valence-corrected chi connectivity index (χ4v) is 1.29. The van der Waals surface area contributed by atoms with Crippen molar-refractivity contribution in [3.05, 3.63) is 37.1 Å². The van der Waals surface area contributed by atoms with Crippen LogP contribution >= 0.6 is 0 Å². The summed E-state index contributed by atoms with van der Waals surface area (Å²) in [5, 5.41) is 2.02. The second-order valence-corrected chi connectivity index (χ2v) is 3.47. The molecular weight excluding hydrogens is 160 g/mol. The van der Waals surface area contributed by atoms with Gasteiger partial charge < -0.3 is 5.32 Å². The molecule has 13 heavy (non-hydrogen) atoms. The first-order chi connectivity index (χ1) is 6.33. The summed E-state index contributed by atoms with van der Waals surface area (Å²) in [5.41, 5.74) is 1.33. The zero-order valence-corrected chi connectivity index (χ0v) is 8.24. The van der Waals surface area contributed by atoms with Gasteiger partial charge in [-0.1, -0.05) is 6.07 Å². The largest absolute Gasteiger partial charge is 0.477 e. The highest BCUT2D eigenvalue weighted by atomic mass is 14.8. The molecule has 1 atom stereocenters. The van der Waals surface area contributed by atoms with Crippen molar-refractivity contribution in [2.24, 2.45) is 0 Å². The van der Waals surface area contributed by atoms with Crippen LogP contribution in [0.4, 0.5) is 0 Å². The zero-order valence-electron chi connectivity index (χ0n) is 8.24. The lowest BCUT2D eigenvalue weighted by molar-refractivity contribution is -0.630. The summed E-state index contributed by atoms with van der Waals surface area (Å²) in [5.74, 6) is 0. The monoisotopic (exact) mass is 178 g/mol. The molecule has 0 fully saturated rings. The number of rotatable bonds is 5. The van der Waals surface area contributed by atoms with E-state index in [4.69, 9.17) is 0 Å². The third-order valence-corrected chi connectivity index (χ3v) is 2.25. The fraction of sp³-hybridized carbons (Fsp3) is 0.455. The number of pyridine rings is 1. The van der Waals surface area contributed by atoms with Gasteiger partial charge in [-0.3, -0.25) is 4.98 Å². The maximum Gasteiger partial charge on any atom is 0.0591 e. The Hall–Kier alpha value is -0.890. The third-order valence-electron chi connectivity index (χ3n) is 2.25. The van der Waals surface area contributed by atoms with Gasteiger partial charge in [0, 0.05) is 12.4 Å². The zero-order chi connectivity index (χ0) is 9.52. The Bertz CT molecular complexity index is 221. The van der Waals surface area contributed by atoms with Gasteiger partial charge in [0.15, 0.2) is 0 Å². The van der Waals surface area contributed by atoms with Gasteiger partial charge in [-0.15, -0.1) is 0 Å². The van der Waals surface area contributed by atoms with Crippen LogP contribution in [0.15, 0.2) is 24.5 Å². The van der Waals surface area contributed by atoms with E-state index in [1.165, 1.54) is 18.4 Å². The molecule has 0 saturated heterocycles. The standard InChI is InChI=1S/C11H18N2/c1-10(12-2)5-3-6-11-7-4-8-13-9-11/h4,7-10H,2-3,5-6,12H2,1H3. The van der Waals surface area contributed by atoms with Crippen LogP contribution < -0.4 is 5.32 Å². The summed E-state index contributed by atoms with van der Waals surface area (Å²) in [7, 11) is 3.77. The Balaban J connectivity index is 2.20. The van der Waals surface area contributed by atoms with E-state index in [0.717, 1.165) is 6.42 Å². The van der Waals surface area contributed by atoms with Gasteiger partial charge >= 0.3 is 0 Å². The molecule has 0 amide bonds. The number of aryl methyl sites for hydroxylation is 1. The van der Waals surface area contributed by atoms with Crippen molar-refractivity contribution in [2.45, 2.75) is 32.2 Å². The molecule has 0 saturated carbocycles. The van der Waals surface area contributed by atoms with Crippen molar-refractivity contribution >= 4 is 0 Å². The Morgan fingerprint density at radius 3 is 3.08 bits per heavy atom. The van der Waals surface area contributed by atoms with Gasteiger partial charge in [0.25, 0.3) is 0 Å². The minimum atomic E-state index is 0.636. The molecule has 1 aromatic heterocycles. The van der Waals surface area contributed by atoms with Gasteiger partial charge in [-0.2, -0.15) is 7.05 Å². The topological polar surface area (TPSA) is 29.5 Å². The third kappa shape index (κ3) is 4.04. The summed E-state index contributed by atoms with van der Waals surface area (Å²) in [6.45, 7) is 2.20. The highest BCUT2D eigenvalue weighted by Crippen LogP contribution is 2.03. The highest BCUT2D eigenvalue weighted by molar-refractivity contribution is 5.08. The number of nitrogens with two attached hydrogens (primary N) is 1. The van der Waals surface area contributed by atoms with Crippen molar-refractivity contribution in [3.63, 3.8) is 0 Å². The molecule has 2 nitrogen and oxygen atoms in total. The van der Waals surface area contributed by atoms with E-state index in [1.54, 1.807) is 0 Å². The Morgan fingerprint density at radius 1 is 1.62 bits per heavy atom. The van der Waals surface area contributed by atoms with Crippen LogP contribution in [0.2, 0.25) is 0 Å². The van der Waals surface area contributed by atoms with Crippen LogP contribution in [0.3, 0.4) is 0 Å². The van der Waals surface area contributed by atoms with E-state index < -0.39 is 0 Å². The quantitative estimate of drug-likeness (QED) is 0.673. The van der Waals surface area contributed by atoms with E-state index in [1.807, 2.05) is 23.8 Å². The van der Waals surface area contributed by atoms with Gasteiger partial charge in [-0.05, 0) is 37.8 Å². The lowest BCUT2D eigenvalue weighted by Crippen LogP contribution is -2.82. The molecule has 72 valence electrons. The highest BCUT2D eigenvalue weighted by Gasteiger charge is 1.98. The number of aromatic nitrogens is 1. The maximum absolute atomic E-state index is 4.08. The minimum Gasteiger partial charge on any atom is -0.477 e. The molecule has 1 unspecified atom stereocenters. The van der Waals surface area contributed by atoms with Crippen LogP contribution in [0.5, 0.6) is 0 Å². The molecule has 1 rings (SSSR count). The first-order valence-electron chi connectivity index (χ1n) is 4.84. The number of hydrogen-bond donors (Lipinski definition) is 1. The van der Waals surface area contributed by atoms with E-state index in [2.05, 4.69) is 25.0 Å². The number of hydrogen-bond acceptors (Lipinski definition) is 1. The molecule has 2 N–H and O–H groups in total. The van der Waals surface area contributed by atoms with E-state index in [0.29, 0.717) is 6.04 Å². The second-order valence-electron chi connectivity index (χ2n) is 3.47. The van der Waals surface area contributed by atoms with Crippen LogP contribution in [-0.2, 0) is 6.42 Å². The van der Waals surface area contributed by atoms with Crippen LogP contribution in [0.1, 0.15) is 25.3 Å². The van der Waals surface area contributed by atoms with Crippen molar-refractivity contribution in [3.8, 4) is 0 Å². The lowest BCUT2D eigenvalue weighted by atomic mass is 10.1. The number of quaternary nitrogens is 1. The fourth-order valence-electron chi connectivity index (χ4n) is 1.29. The molecule has 0 bridgehead atoms. The smallest absolute Gasteiger partial charge is 0.0591 e. The van der Waals surface area contributed by atoms with Crippen molar-refractivity contribution in [2.75, 3.05) is 0 Å². The average molecular weight is 178 g/mol. The van der Waals surface area contributed by atoms with Crippen molar-refractivity contribution in [1.82, 2.24) is 4.98 Å². The normalized spacial score (nSPS) is 12.8. The summed E-state index contributed by atoms with van der Waals surface area (Å²) in [6.07, 6.45) is 7.33. The number of nitrogens with zero attached hydrogens (tertiary/aromatic N) is 1. The molecule has 0 aliphatic carbocycles. The van der Waals surface area contributed by atoms with Crippen molar-refractivity contribution < 1.29 is 5.32 Å². The SMILES string of the molecule is [CH2-][NH2+]C(C)CCCc1cccnc1. The van der Waals surface area contributed by atoms with Gasteiger partial charge in [0.1, 0.15) is 0 Å². The summed E-state index contributed by atoms with van der Waals surface area (Å²) >= 11 is 0. The van der Waals surface area contributed by atoms with Crippen LogP contribution in [-0.4, -0.2) is 11.0 Å². The Kier molecular flexibility index (Phi) is 4.47. The molecule has 0 aliphatic heterocycles. The molecule has 2 heteroatoms. The lowest BCUT2D eigenvalue weighted by Gasteiger charge is -2.10. The second kappa shape index (κ2) is 5.70.